The maximum atomic E-state index is 13.5. The first kappa shape index (κ1) is 18.6. The first-order chi connectivity index (χ1) is 13.0. The fourth-order valence-corrected chi connectivity index (χ4v) is 2.86. The van der Waals surface area contributed by atoms with Gasteiger partial charge in [0, 0.05) is 29.0 Å². The molecule has 2 aromatic carbocycles. The number of fused-ring (bicyclic) bond motifs is 1. The second kappa shape index (κ2) is 8.03. The van der Waals surface area contributed by atoms with Gasteiger partial charge in [0.1, 0.15) is 23.8 Å². The standard InChI is InChI=1S/C21H19FO5/c1-13-16-8-7-15(25-2)11-19(16)27-21(24)17(13)9-10-20(23)26-12-14-5-3-4-6-18(14)22/h3-8,11H,9-10,12H2,1-2H3. The van der Waals surface area contributed by atoms with Crippen LogP contribution in [0.5, 0.6) is 5.75 Å². The van der Waals surface area contributed by atoms with Gasteiger partial charge in [0.2, 0.25) is 0 Å². The normalized spacial score (nSPS) is 10.8. The largest absolute Gasteiger partial charge is 0.497 e. The third-order valence-corrected chi connectivity index (χ3v) is 4.42. The van der Waals surface area contributed by atoms with E-state index in [1.54, 1.807) is 30.3 Å². The Morgan fingerprint density at radius 2 is 1.96 bits per heavy atom. The van der Waals surface area contributed by atoms with Gasteiger partial charge in [-0.25, -0.2) is 9.18 Å². The molecule has 5 nitrogen and oxygen atoms in total. The molecule has 0 atom stereocenters. The van der Waals surface area contributed by atoms with Crippen molar-refractivity contribution in [3.8, 4) is 5.75 Å². The minimum atomic E-state index is -0.508. The van der Waals surface area contributed by atoms with Crippen LogP contribution in [0.3, 0.4) is 0 Å². The zero-order valence-corrected chi connectivity index (χ0v) is 15.1. The molecule has 0 aliphatic carbocycles. The van der Waals surface area contributed by atoms with E-state index in [0.717, 1.165) is 10.9 Å². The highest BCUT2D eigenvalue weighted by molar-refractivity contribution is 5.82. The molecule has 0 aliphatic heterocycles. The summed E-state index contributed by atoms with van der Waals surface area (Å²) in [6, 6.07) is 11.3. The van der Waals surface area contributed by atoms with Crippen molar-refractivity contribution in [1.29, 1.82) is 0 Å². The summed E-state index contributed by atoms with van der Waals surface area (Å²) < 4.78 is 29.1. The van der Waals surface area contributed by atoms with Crippen LogP contribution in [0.1, 0.15) is 23.1 Å². The molecule has 0 unspecified atom stereocenters. The van der Waals surface area contributed by atoms with E-state index in [1.807, 2.05) is 13.0 Å². The van der Waals surface area contributed by atoms with E-state index < -0.39 is 17.4 Å². The van der Waals surface area contributed by atoms with Crippen LogP contribution in [0.4, 0.5) is 4.39 Å². The Bertz CT molecular complexity index is 1040. The maximum Gasteiger partial charge on any atom is 0.339 e. The molecule has 3 rings (SSSR count). The van der Waals surface area contributed by atoms with Crippen LogP contribution < -0.4 is 10.4 Å². The third kappa shape index (κ3) is 4.16. The van der Waals surface area contributed by atoms with Gasteiger partial charge >= 0.3 is 11.6 Å². The van der Waals surface area contributed by atoms with Gasteiger partial charge in [-0.15, -0.1) is 0 Å². The number of aryl methyl sites for hydroxylation is 1. The van der Waals surface area contributed by atoms with Gasteiger partial charge in [0.25, 0.3) is 0 Å². The van der Waals surface area contributed by atoms with Gasteiger partial charge in [0.05, 0.1) is 7.11 Å². The topological polar surface area (TPSA) is 65.7 Å². The number of esters is 1. The van der Waals surface area contributed by atoms with Crippen molar-refractivity contribution in [1.82, 2.24) is 0 Å². The Hall–Kier alpha value is -3.15. The highest BCUT2D eigenvalue weighted by Gasteiger charge is 2.14. The SMILES string of the molecule is COc1ccc2c(C)c(CCC(=O)OCc3ccccc3F)c(=O)oc2c1. The lowest BCUT2D eigenvalue weighted by Gasteiger charge is -2.09. The zero-order chi connectivity index (χ0) is 19.4. The number of rotatable bonds is 6. The molecule has 0 saturated heterocycles. The average molecular weight is 370 g/mol. The molecule has 6 heteroatoms. The van der Waals surface area contributed by atoms with Crippen molar-refractivity contribution in [2.24, 2.45) is 0 Å². The summed E-state index contributed by atoms with van der Waals surface area (Å²) in [6.45, 7) is 1.67. The van der Waals surface area contributed by atoms with Gasteiger partial charge in [0.15, 0.2) is 0 Å². The molecular weight excluding hydrogens is 351 g/mol. The Balaban J connectivity index is 1.70. The lowest BCUT2D eigenvalue weighted by molar-refractivity contribution is -0.145. The molecule has 0 amide bonds. The highest BCUT2D eigenvalue weighted by Crippen LogP contribution is 2.24. The summed E-state index contributed by atoms with van der Waals surface area (Å²) in [4.78, 5) is 24.3. The molecule has 0 N–H and O–H groups in total. The van der Waals surface area contributed by atoms with Crippen molar-refractivity contribution in [2.75, 3.05) is 7.11 Å². The lowest BCUT2D eigenvalue weighted by atomic mass is 10.0. The number of ether oxygens (including phenoxy) is 2. The van der Waals surface area contributed by atoms with E-state index in [2.05, 4.69) is 0 Å². The summed E-state index contributed by atoms with van der Waals surface area (Å²) in [5.41, 5.74) is 1.43. The van der Waals surface area contributed by atoms with Crippen LogP contribution in [-0.4, -0.2) is 13.1 Å². The van der Waals surface area contributed by atoms with Crippen LogP contribution in [0.2, 0.25) is 0 Å². The van der Waals surface area contributed by atoms with Crippen molar-refractivity contribution < 1.29 is 23.1 Å². The van der Waals surface area contributed by atoms with Crippen molar-refractivity contribution in [2.45, 2.75) is 26.4 Å². The summed E-state index contributed by atoms with van der Waals surface area (Å²) in [7, 11) is 1.54. The van der Waals surface area contributed by atoms with E-state index in [0.29, 0.717) is 22.5 Å². The van der Waals surface area contributed by atoms with Gasteiger partial charge in [-0.05, 0) is 37.1 Å². The quantitative estimate of drug-likeness (QED) is 0.486. The molecule has 0 spiro atoms. The van der Waals surface area contributed by atoms with E-state index in [-0.39, 0.29) is 19.4 Å². The van der Waals surface area contributed by atoms with E-state index in [1.165, 1.54) is 13.2 Å². The fourth-order valence-electron chi connectivity index (χ4n) is 2.86. The Morgan fingerprint density at radius 1 is 1.19 bits per heavy atom. The number of methoxy groups -OCH3 is 1. The summed E-state index contributed by atoms with van der Waals surface area (Å²) in [5.74, 6) is -0.340. The van der Waals surface area contributed by atoms with Gasteiger partial charge < -0.3 is 13.9 Å². The monoisotopic (exact) mass is 370 g/mol. The molecule has 0 fully saturated rings. The minimum Gasteiger partial charge on any atom is -0.497 e. The van der Waals surface area contributed by atoms with Crippen LogP contribution >= 0.6 is 0 Å². The first-order valence-corrected chi connectivity index (χ1v) is 8.49. The number of carbonyl (C=O) groups excluding carboxylic acids is 1. The van der Waals surface area contributed by atoms with Gasteiger partial charge in [-0.2, -0.15) is 0 Å². The second-order valence-corrected chi connectivity index (χ2v) is 6.11. The second-order valence-electron chi connectivity index (χ2n) is 6.11. The predicted octanol–water partition coefficient (Wildman–Crippen LogP) is 3.93. The molecule has 0 aliphatic rings. The zero-order valence-electron chi connectivity index (χ0n) is 15.1. The molecule has 0 saturated carbocycles. The van der Waals surface area contributed by atoms with Crippen molar-refractivity contribution in [3.63, 3.8) is 0 Å². The molecule has 3 aromatic rings. The van der Waals surface area contributed by atoms with Crippen LogP contribution in [0, 0.1) is 12.7 Å². The summed E-state index contributed by atoms with van der Waals surface area (Å²) in [5, 5.41) is 0.783. The third-order valence-electron chi connectivity index (χ3n) is 4.42. The van der Waals surface area contributed by atoms with Crippen LogP contribution in [0.15, 0.2) is 51.7 Å². The lowest BCUT2D eigenvalue weighted by Crippen LogP contribution is -2.14. The van der Waals surface area contributed by atoms with Gasteiger partial charge in [-0.1, -0.05) is 18.2 Å². The molecule has 140 valence electrons. The number of halogens is 1. The van der Waals surface area contributed by atoms with Crippen molar-refractivity contribution >= 4 is 16.9 Å². The van der Waals surface area contributed by atoms with E-state index in [9.17, 15) is 14.0 Å². The fraction of sp³-hybridized carbons (Fsp3) is 0.238. The molecule has 0 radical (unpaired) electrons. The smallest absolute Gasteiger partial charge is 0.339 e. The molecule has 27 heavy (non-hydrogen) atoms. The average Bonchev–Trinajstić information content (AvgIpc) is 2.66. The minimum absolute atomic E-state index is 0.00170. The first-order valence-electron chi connectivity index (χ1n) is 8.49. The van der Waals surface area contributed by atoms with Crippen molar-refractivity contribution in [3.05, 3.63) is 75.4 Å². The molecule has 0 bridgehead atoms. The Kier molecular flexibility index (Phi) is 5.54. The van der Waals surface area contributed by atoms with E-state index >= 15 is 0 Å². The molecular formula is C21H19FO5. The Morgan fingerprint density at radius 3 is 2.70 bits per heavy atom. The van der Waals surface area contributed by atoms with Crippen LogP contribution in [-0.2, 0) is 22.6 Å². The van der Waals surface area contributed by atoms with Gasteiger partial charge in [-0.3, -0.25) is 4.79 Å². The number of carbonyl (C=O) groups is 1. The van der Waals surface area contributed by atoms with E-state index in [4.69, 9.17) is 13.9 Å². The summed E-state index contributed by atoms with van der Waals surface area (Å²) in [6.07, 6.45) is 0.188. The summed E-state index contributed by atoms with van der Waals surface area (Å²) >= 11 is 0. The highest BCUT2D eigenvalue weighted by atomic mass is 19.1. The maximum absolute atomic E-state index is 13.5. The number of hydrogen-bond acceptors (Lipinski definition) is 5. The number of benzene rings is 2. The molecule has 1 heterocycles. The predicted molar refractivity (Wildman–Crippen MR) is 98.3 cm³/mol. The van der Waals surface area contributed by atoms with Crippen LogP contribution in [0.25, 0.3) is 11.0 Å². The molecule has 1 aromatic heterocycles. The number of hydrogen-bond donors (Lipinski definition) is 0. The Labute approximate surface area is 155 Å².